The quantitative estimate of drug-likeness (QED) is 0.467. The molecular formula is C22H23Cl2N3O. The van der Waals surface area contributed by atoms with E-state index in [0.29, 0.717) is 16.3 Å². The normalized spacial score (nSPS) is 18.4. The Bertz CT molecular complexity index is 1060. The van der Waals surface area contributed by atoms with E-state index in [1.807, 2.05) is 36.4 Å². The number of aromatic nitrogens is 1. The average Bonchev–Trinajstić information content (AvgIpc) is 2.97. The fourth-order valence-electron chi connectivity index (χ4n) is 4.08. The van der Waals surface area contributed by atoms with Gasteiger partial charge in [0, 0.05) is 34.1 Å². The highest BCUT2D eigenvalue weighted by molar-refractivity contribution is 6.35. The van der Waals surface area contributed by atoms with E-state index in [0.717, 1.165) is 42.3 Å². The zero-order valence-electron chi connectivity index (χ0n) is 15.7. The maximum atomic E-state index is 12.2. The lowest BCUT2D eigenvalue weighted by atomic mass is 10.0. The number of aromatic amines is 1. The van der Waals surface area contributed by atoms with Crippen LogP contribution in [0.25, 0.3) is 10.9 Å². The predicted molar refractivity (Wildman–Crippen MR) is 118 cm³/mol. The monoisotopic (exact) mass is 415 g/mol. The van der Waals surface area contributed by atoms with Crippen molar-refractivity contribution in [1.29, 1.82) is 0 Å². The Morgan fingerprint density at radius 2 is 1.96 bits per heavy atom. The lowest BCUT2D eigenvalue weighted by Crippen LogP contribution is -2.22. The molecule has 0 bridgehead atoms. The first-order chi connectivity index (χ1) is 13.5. The summed E-state index contributed by atoms with van der Waals surface area (Å²) in [6, 6.07) is 13.3. The van der Waals surface area contributed by atoms with Gasteiger partial charge < -0.3 is 15.6 Å². The summed E-state index contributed by atoms with van der Waals surface area (Å²) < 4.78 is 0. The molecule has 1 aliphatic carbocycles. The number of hydrogen-bond donors (Lipinski definition) is 3. The number of anilines is 1. The van der Waals surface area contributed by atoms with Crippen molar-refractivity contribution in [3.05, 3.63) is 73.9 Å². The van der Waals surface area contributed by atoms with Crippen molar-refractivity contribution >= 4 is 39.9 Å². The molecule has 1 heterocycles. The molecule has 0 aliphatic heterocycles. The first kappa shape index (κ1) is 19.3. The number of benzene rings is 2. The van der Waals surface area contributed by atoms with Crippen LogP contribution in [0, 0.1) is 0 Å². The summed E-state index contributed by atoms with van der Waals surface area (Å²) in [5.74, 6) is 1.18. The molecule has 0 spiro atoms. The Morgan fingerprint density at radius 1 is 1.14 bits per heavy atom. The third kappa shape index (κ3) is 3.90. The molecule has 1 aromatic heterocycles. The molecule has 0 fully saturated rings. The fourth-order valence-corrected chi connectivity index (χ4v) is 4.78. The summed E-state index contributed by atoms with van der Waals surface area (Å²) in [6.45, 7) is 3.84. The molecule has 2 atom stereocenters. The van der Waals surface area contributed by atoms with Crippen molar-refractivity contribution in [3.63, 3.8) is 0 Å². The van der Waals surface area contributed by atoms with E-state index in [9.17, 15) is 4.79 Å². The highest BCUT2D eigenvalue weighted by Crippen LogP contribution is 2.44. The van der Waals surface area contributed by atoms with Crippen LogP contribution in [0.4, 0.5) is 5.82 Å². The van der Waals surface area contributed by atoms with Gasteiger partial charge in [0.1, 0.15) is 5.82 Å². The molecule has 0 saturated heterocycles. The molecule has 0 amide bonds. The second kappa shape index (κ2) is 8.16. The van der Waals surface area contributed by atoms with Crippen molar-refractivity contribution in [2.75, 3.05) is 18.4 Å². The van der Waals surface area contributed by atoms with Crippen molar-refractivity contribution < 1.29 is 0 Å². The zero-order valence-corrected chi connectivity index (χ0v) is 17.2. The molecule has 4 nitrogen and oxygen atoms in total. The maximum absolute atomic E-state index is 12.2. The van der Waals surface area contributed by atoms with E-state index >= 15 is 0 Å². The second-order valence-electron chi connectivity index (χ2n) is 7.41. The van der Waals surface area contributed by atoms with Crippen LogP contribution in [0.15, 0.2) is 47.3 Å². The molecule has 1 aliphatic rings. The van der Waals surface area contributed by atoms with Crippen LogP contribution < -0.4 is 16.1 Å². The Labute approximate surface area is 174 Å². The molecule has 6 heteroatoms. The summed E-state index contributed by atoms with van der Waals surface area (Å²) in [5.41, 5.74) is 3.31. The number of pyridine rings is 1. The highest BCUT2D eigenvalue weighted by atomic mass is 35.5. The van der Waals surface area contributed by atoms with Gasteiger partial charge in [0.05, 0.1) is 5.52 Å². The molecule has 28 heavy (non-hydrogen) atoms. The number of nitrogens with one attached hydrogen (secondary N) is 3. The van der Waals surface area contributed by atoms with Gasteiger partial charge in [0.15, 0.2) is 5.43 Å². The number of para-hydroxylation sites is 1. The summed E-state index contributed by atoms with van der Waals surface area (Å²) in [5, 5.41) is 9.09. The Hall–Kier alpha value is -2.01. The van der Waals surface area contributed by atoms with Crippen molar-refractivity contribution in [1.82, 2.24) is 10.3 Å². The minimum Gasteiger partial charge on any atom is -0.371 e. The number of hydrogen-bond acceptors (Lipinski definition) is 3. The molecule has 3 N–H and O–H groups in total. The Balaban J connectivity index is 1.32. The number of halogens is 2. The van der Waals surface area contributed by atoms with E-state index in [4.69, 9.17) is 23.2 Å². The number of rotatable bonds is 6. The smallest absolute Gasteiger partial charge is 0.191 e. The molecule has 3 aromatic rings. The van der Waals surface area contributed by atoms with Crippen LogP contribution in [0.5, 0.6) is 0 Å². The minimum absolute atomic E-state index is 0.0280. The first-order valence-electron chi connectivity index (χ1n) is 9.61. The Kier molecular flexibility index (Phi) is 5.63. The van der Waals surface area contributed by atoms with E-state index in [2.05, 4.69) is 22.5 Å². The molecule has 146 valence electrons. The van der Waals surface area contributed by atoms with Gasteiger partial charge in [-0.3, -0.25) is 4.79 Å². The van der Waals surface area contributed by atoms with Crippen molar-refractivity contribution in [3.8, 4) is 0 Å². The van der Waals surface area contributed by atoms with Crippen LogP contribution in [0.2, 0.25) is 10.0 Å². The molecule has 2 aromatic carbocycles. The average molecular weight is 416 g/mol. The van der Waals surface area contributed by atoms with Crippen LogP contribution in [-0.2, 0) is 0 Å². The van der Waals surface area contributed by atoms with Gasteiger partial charge in [-0.2, -0.15) is 0 Å². The van der Waals surface area contributed by atoms with E-state index in [1.54, 1.807) is 6.07 Å². The van der Waals surface area contributed by atoms with Crippen LogP contribution in [-0.4, -0.2) is 18.1 Å². The third-order valence-corrected chi connectivity index (χ3v) is 5.91. The fraction of sp³-hybridized carbons (Fsp3) is 0.318. The van der Waals surface area contributed by atoms with E-state index in [1.165, 1.54) is 11.1 Å². The molecule has 0 saturated carbocycles. The highest BCUT2D eigenvalue weighted by Gasteiger charge is 2.30. The predicted octanol–water partition coefficient (Wildman–Crippen LogP) is 5.48. The van der Waals surface area contributed by atoms with Crippen molar-refractivity contribution in [2.45, 2.75) is 31.7 Å². The van der Waals surface area contributed by atoms with Gasteiger partial charge in [0.2, 0.25) is 0 Å². The molecular weight excluding hydrogens is 393 g/mol. The summed E-state index contributed by atoms with van der Waals surface area (Å²) >= 11 is 12.6. The number of fused-ring (bicyclic) bond motifs is 2. The second-order valence-corrected chi connectivity index (χ2v) is 8.25. The van der Waals surface area contributed by atoms with Crippen LogP contribution >= 0.6 is 23.2 Å². The lowest BCUT2D eigenvalue weighted by Gasteiger charge is -2.15. The first-order valence-corrected chi connectivity index (χ1v) is 10.4. The van der Waals surface area contributed by atoms with Gasteiger partial charge in [-0.15, -0.1) is 0 Å². The third-order valence-electron chi connectivity index (χ3n) is 5.38. The van der Waals surface area contributed by atoms with Gasteiger partial charge in [-0.25, -0.2) is 0 Å². The van der Waals surface area contributed by atoms with Crippen LogP contribution in [0.3, 0.4) is 0 Å². The summed E-state index contributed by atoms with van der Waals surface area (Å²) in [4.78, 5) is 15.4. The van der Waals surface area contributed by atoms with Gasteiger partial charge >= 0.3 is 0 Å². The van der Waals surface area contributed by atoms with Gasteiger partial charge in [0.25, 0.3) is 0 Å². The molecule has 0 radical (unpaired) electrons. The standard InChI is InChI=1S/C22H23Cl2N3O/c1-13-9-19(16-10-14(23)11-17(24)22(13)16)25-7-4-8-26-21-12-20(28)15-5-2-3-6-18(15)27-21/h2-3,5-6,10-13,19,25H,4,7-9H2,1H3,(H2,26,27,28). The van der Waals surface area contributed by atoms with E-state index < -0.39 is 0 Å². The number of H-pyrrole nitrogens is 1. The molecule has 4 rings (SSSR count). The van der Waals surface area contributed by atoms with Gasteiger partial charge in [-0.05, 0) is 60.7 Å². The zero-order chi connectivity index (χ0) is 19.7. The van der Waals surface area contributed by atoms with E-state index in [-0.39, 0.29) is 11.5 Å². The molecule has 2 unspecified atom stereocenters. The van der Waals surface area contributed by atoms with Gasteiger partial charge in [-0.1, -0.05) is 42.3 Å². The van der Waals surface area contributed by atoms with Crippen molar-refractivity contribution in [2.24, 2.45) is 0 Å². The minimum atomic E-state index is 0.0280. The topological polar surface area (TPSA) is 56.9 Å². The SMILES string of the molecule is CC1CC(NCCCNc2cc(=O)c3ccccc3[nH]2)c2cc(Cl)cc(Cl)c21. The lowest BCUT2D eigenvalue weighted by molar-refractivity contribution is 0.502. The summed E-state index contributed by atoms with van der Waals surface area (Å²) in [7, 11) is 0. The maximum Gasteiger partial charge on any atom is 0.191 e. The van der Waals surface area contributed by atoms with Crippen LogP contribution in [0.1, 0.15) is 42.9 Å². The summed E-state index contributed by atoms with van der Waals surface area (Å²) in [6.07, 6.45) is 1.96. The Morgan fingerprint density at radius 3 is 2.82 bits per heavy atom. The largest absolute Gasteiger partial charge is 0.371 e.